The van der Waals surface area contributed by atoms with Crippen molar-refractivity contribution in [3.8, 4) is 0 Å². The van der Waals surface area contributed by atoms with Crippen LogP contribution in [0.2, 0.25) is 0 Å². The first kappa shape index (κ1) is 19.5. The summed E-state index contributed by atoms with van der Waals surface area (Å²) in [6.07, 6.45) is 2.64. The Morgan fingerprint density at radius 2 is 2.15 bits per heavy atom. The van der Waals surface area contributed by atoms with Crippen molar-refractivity contribution in [1.29, 1.82) is 0 Å². The molecule has 1 saturated heterocycles. The summed E-state index contributed by atoms with van der Waals surface area (Å²) < 4.78 is 28.6. The summed E-state index contributed by atoms with van der Waals surface area (Å²) in [5, 5.41) is 4.67. The number of rotatable bonds is 5. The number of hydrogen-bond acceptors (Lipinski definition) is 4. The van der Waals surface area contributed by atoms with Crippen molar-refractivity contribution in [3.63, 3.8) is 0 Å². The number of carbonyl (C=O) groups excluding carboxylic acids is 1. The summed E-state index contributed by atoms with van der Waals surface area (Å²) in [6, 6.07) is 8.71. The Hall–Kier alpha value is -1.22. The van der Waals surface area contributed by atoms with Crippen LogP contribution in [0.25, 0.3) is 0 Å². The molecule has 5 nitrogen and oxygen atoms in total. The van der Waals surface area contributed by atoms with Gasteiger partial charge in [0.05, 0.1) is 0 Å². The van der Waals surface area contributed by atoms with Gasteiger partial charge in [-0.05, 0) is 55.0 Å². The van der Waals surface area contributed by atoms with E-state index in [0.29, 0.717) is 17.2 Å². The maximum absolute atomic E-state index is 12.9. The van der Waals surface area contributed by atoms with Gasteiger partial charge in [-0.3, -0.25) is 4.79 Å². The van der Waals surface area contributed by atoms with Gasteiger partial charge >= 0.3 is 0 Å². The molecule has 0 unspecified atom stereocenters. The minimum Gasteiger partial charge on any atom is -0.326 e. The van der Waals surface area contributed by atoms with E-state index in [2.05, 4.69) is 21.2 Å². The standard InChI is InChI=1S/C18H21BrN2O3S2/c1-13-11-14(19)7-8-16(13)20-17(22)12-15-5-2-3-9-21(15)26(23,24)18-6-4-10-25-18/h4,6-8,10-11,15H,2-3,5,9,12H2,1H3,(H,20,22)/t15-/m1/s1. The zero-order valence-electron chi connectivity index (χ0n) is 14.4. The summed E-state index contributed by atoms with van der Waals surface area (Å²) in [7, 11) is -3.53. The zero-order valence-corrected chi connectivity index (χ0v) is 17.7. The molecular formula is C18H21BrN2O3S2. The fourth-order valence-electron chi connectivity index (χ4n) is 3.20. The van der Waals surface area contributed by atoms with Gasteiger partial charge in [-0.25, -0.2) is 8.42 Å². The van der Waals surface area contributed by atoms with Crippen LogP contribution in [-0.4, -0.2) is 31.2 Å². The van der Waals surface area contributed by atoms with Crippen LogP contribution in [0, 0.1) is 6.92 Å². The quantitative estimate of drug-likeness (QED) is 0.724. The number of benzene rings is 1. The molecule has 8 heteroatoms. The Morgan fingerprint density at radius 1 is 1.35 bits per heavy atom. The van der Waals surface area contributed by atoms with Crippen LogP contribution in [0.5, 0.6) is 0 Å². The minimum atomic E-state index is -3.53. The predicted molar refractivity (Wildman–Crippen MR) is 108 cm³/mol. The largest absolute Gasteiger partial charge is 0.326 e. The molecule has 0 radical (unpaired) electrons. The van der Waals surface area contributed by atoms with Crippen molar-refractivity contribution in [2.75, 3.05) is 11.9 Å². The molecule has 2 heterocycles. The number of amides is 1. The second-order valence-corrected chi connectivity index (χ2v) is 10.4. The summed E-state index contributed by atoms with van der Waals surface area (Å²) in [6.45, 7) is 2.39. The number of piperidine rings is 1. The van der Waals surface area contributed by atoms with E-state index < -0.39 is 10.0 Å². The Morgan fingerprint density at radius 3 is 2.85 bits per heavy atom. The minimum absolute atomic E-state index is 0.159. The number of aryl methyl sites for hydroxylation is 1. The third kappa shape index (κ3) is 4.36. The Balaban J connectivity index is 1.73. The van der Waals surface area contributed by atoms with Crippen LogP contribution >= 0.6 is 27.3 Å². The zero-order chi connectivity index (χ0) is 18.7. The highest BCUT2D eigenvalue weighted by molar-refractivity contribution is 9.10. The number of sulfonamides is 1. The lowest BCUT2D eigenvalue weighted by atomic mass is 10.0. The third-order valence-corrected chi connectivity index (χ3v) is 8.33. The molecule has 1 N–H and O–H groups in total. The average Bonchev–Trinajstić information content (AvgIpc) is 3.13. The van der Waals surface area contributed by atoms with E-state index in [0.717, 1.165) is 28.6 Å². The van der Waals surface area contributed by atoms with E-state index in [1.165, 1.54) is 15.6 Å². The number of nitrogens with one attached hydrogen (secondary N) is 1. The Kier molecular flexibility index (Phi) is 6.17. The molecule has 1 aliphatic rings. The Labute approximate surface area is 166 Å². The molecule has 26 heavy (non-hydrogen) atoms. The van der Waals surface area contributed by atoms with Gasteiger partial charge < -0.3 is 5.32 Å². The fraction of sp³-hybridized carbons (Fsp3) is 0.389. The van der Waals surface area contributed by atoms with E-state index in [4.69, 9.17) is 0 Å². The molecule has 0 saturated carbocycles. The first-order chi connectivity index (χ1) is 12.4. The molecule has 1 aromatic heterocycles. The molecule has 0 spiro atoms. The second kappa shape index (κ2) is 8.21. The molecule has 1 amide bonds. The van der Waals surface area contributed by atoms with Crippen LogP contribution in [0.15, 0.2) is 44.4 Å². The van der Waals surface area contributed by atoms with Gasteiger partial charge in [0, 0.05) is 29.2 Å². The molecule has 140 valence electrons. The summed E-state index contributed by atoms with van der Waals surface area (Å²) >= 11 is 4.62. The smallest absolute Gasteiger partial charge is 0.252 e. The van der Waals surface area contributed by atoms with Gasteiger partial charge in [0.25, 0.3) is 10.0 Å². The van der Waals surface area contributed by atoms with Gasteiger partial charge in [0.2, 0.25) is 5.91 Å². The number of thiophene rings is 1. The monoisotopic (exact) mass is 456 g/mol. The molecule has 3 rings (SSSR count). The van der Waals surface area contributed by atoms with Crippen molar-refractivity contribution in [3.05, 3.63) is 45.7 Å². The highest BCUT2D eigenvalue weighted by atomic mass is 79.9. The van der Waals surface area contributed by atoms with Gasteiger partial charge in [0.1, 0.15) is 4.21 Å². The number of carbonyl (C=O) groups is 1. The SMILES string of the molecule is Cc1cc(Br)ccc1NC(=O)C[C@H]1CCCCN1S(=O)(=O)c1cccs1. The average molecular weight is 457 g/mol. The number of nitrogens with zero attached hydrogens (tertiary/aromatic N) is 1. The highest BCUT2D eigenvalue weighted by Crippen LogP contribution is 2.29. The van der Waals surface area contributed by atoms with Gasteiger partial charge in [0.15, 0.2) is 0 Å². The van der Waals surface area contributed by atoms with E-state index >= 15 is 0 Å². The van der Waals surface area contributed by atoms with Crippen LogP contribution in [0.3, 0.4) is 0 Å². The van der Waals surface area contributed by atoms with Crippen LogP contribution in [0.1, 0.15) is 31.2 Å². The molecule has 0 bridgehead atoms. The summed E-state index contributed by atoms with van der Waals surface area (Å²) in [5.74, 6) is -0.159. The molecule has 1 aliphatic heterocycles. The maximum atomic E-state index is 12.9. The van der Waals surface area contributed by atoms with Gasteiger partial charge in [-0.2, -0.15) is 4.31 Å². The molecule has 0 aliphatic carbocycles. The predicted octanol–water partition coefficient (Wildman–Crippen LogP) is 4.39. The lowest BCUT2D eigenvalue weighted by Crippen LogP contribution is -2.45. The van der Waals surface area contributed by atoms with Crippen molar-refractivity contribution in [1.82, 2.24) is 4.31 Å². The summed E-state index contributed by atoms with van der Waals surface area (Å²) in [4.78, 5) is 12.5. The molecule has 1 atom stereocenters. The second-order valence-electron chi connectivity index (χ2n) is 6.41. The first-order valence-corrected chi connectivity index (χ1v) is 11.6. The lowest BCUT2D eigenvalue weighted by Gasteiger charge is -2.34. The van der Waals surface area contributed by atoms with Crippen LogP contribution in [-0.2, 0) is 14.8 Å². The topological polar surface area (TPSA) is 66.5 Å². The van der Waals surface area contributed by atoms with E-state index in [1.807, 2.05) is 25.1 Å². The van der Waals surface area contributed by atoms with Crippen molar-refractivity contribution < 1.29 is 13.2 Å². The van der Waals surface area contributed by atoms with Crippen LogP contribution < -0.4 is 5.32 Å². The maximum Gasteiger partial charge on any atom is 0.252 e. The fourth-order valence-corrected chi connectivity index (χ4v) is 6.49. The van der Waals surface area contributed by atoms with Crippen molar-refractivity contribution >= 4 is 48.9 Å². The van der Waals surface area contributed by atoms with Crippen molar-refractivity contribution in [2.45, 2.75) is 42.9 Å². The van der Waals surface area contributed by atoms with Crippen LogP contribution in [0.4, 0.5) is 5.69 Å². The Bertz CT molecular complexity index is 882. The summed E-state index contributed by atoms with van der Waals surface area (Å²) in [5.41, 5.74) is 1.71. The number of anilines is 1. The van der Waals surface area contributed by atoms with E-state index in [9.17, 15) is 13.2 Å². The van der Waals surface area contributed by atoms with Gasteiger partial charge in [-0.15, -0.1) is 11.3 Å². The van der Waals surface area contributed by atoms with E-state index in [-0.39, 0.29) is 18.4 Å². The highest BCUT2D eigenvalue weighted by Gasteiger charge is 2.35. The number of halogens is 1. The van der Waals surface area contributed by atoms with E-state index in [1.54, 1.807) is 17.5 Å². The molecule has 1 fully saturated rings. The molecule has 1 aromatic carbocycles. The first-order valence-electron chi connectivity index (χ1n) is 8.49. The van der Waals surface area contributed by atoms with Crippen molar-refractivity contribution in [2.24, 2.45) is 0 Å². The number of hydrogen-bond donors (Lipinski definition) is 1. The lowest BCUT2D eigenvalue weighted by molar-refractivity contribution is -0.117. The molecule has 2 aromatic rings. The normalized spacial score (nSPS) is 18.6. The molecular weight excluding hydrogens is 436 g/mol. The third-order valence-electron chi connectivity index (χ3n) is 4.51. The van der Waals surface area contributed by atoms with Gasteiger partial charge in [-0.1, -0.05) is 28.4 Å².